The predicted molar refractivity (Wildman–Crippen MR) is 67.2 cm³/mol. The maximum absolute atomic E-state index is 11.9. The second kappa shape index (κ2) is 4.42. The van der Waals surface area contributed by atoms with Gasteiger partial charge in [0.05, 0.1) is 0 Å². The average Bonchev–Trinajstić information content (AvgIpc) is 2.85. The first kappa shape index (κ1) is 11.4. The molecule has 0 atom stereocenters. The molecule has 2 aromatic heterocycles. The maximum Gasteiger partial charge on any atom is 0.270 e. The number of carbonyl (C=O) groups excluding carboxylic acids is 1. The van der Waals surface area contributed by atoms with Crippen LogP contribution in [0.25, 0.3) is 0 Å². The number of nitrogens with two attached hydrogens (primary N) is 1. The first-order chi connectivity index (χ1) is 8.10. The number of amides is 1. The third-order valence-corrected chi connectivity index (χ3v) is 3.12. The smallest absolute Gasteiger partial charge is 0.270 e. The molecule has 0 spiro atoms. The molecule has 1 amide bonds. The van der Waals surface area contributed by atoms with E-state index in [1.165, 1.54) is 11.3 Å². The number of nitrogens with one attached hydrogen (secondary N) is 2. The fourth-order valence-electron chi connectivity index (χ4n) is 1.26. The molecule has 0 fully saturated rings. The maximum atomic E-state index is 11.9. The third kappa shape index (κ3) is 2.36. The first-order valence-corrected chi connectivity index (χ1v) is 5.67. The van der Waals surface area contributed by atoms with Crippen molar-refractivity contribution in [1.82, 2.24) is 14.8 Å². The number of hydrogen-bond acceptors (Lipinski definition) is 6. The Bertz CT molecular complexity index is 545. The molecular formula is C9H12N6OS. The summed E-state index contributed by atoms with van der Waals surface area (Å²) in [4.78, 5) is 16.2. The Kier molecular flexibility index (Phi) is 2.96. The van der Waals surface area contributed by atoms with E-state index >= 15 is 0 Å². The molecule has 2 heterocycles. The van der Waals surface area contributed by atoms with Gasteiger partial charge in [-0.05, 0) is 0 Å². The molecule has 0 saturated carbocycles. The van der Waals surface area contributed by atoms with Gasteiger partial charge >= 0.3 is 0 Å². The lowest BCUT2D eigenvalue weighted by Crippen LogP contribution is -2.12. The van der Waals surface area contributed by atoms with Gasteiger partial charge < -0.3 is 16.4 Å². The summed E-state index contributed by atoms with van der Waals surface area (Å²) in [6.45, 7) is 0. The van der Waals surface area contributed by atoms with Crippen LogP contribution in [0.3, 0.4) is 0 Å². The van der Waals surface area contributed by atoms with Crippen molar-refractivity contribution in [2.75, 3.05) is 23.4 Å². The normalized spacial score (nSPS) is 10.2. The number of nitrogens with zero attached hydrogens (tertiary/aromatic N) is 3. The van der Waals surface area contributed by atoms with Gasteiger partial charge in [0.2, 0.25) is 0 Å². The largest absolute Gasteiger partial charge is 0.382 e. The monoisotopic (exact) mass is 252 g/mol. The minimum atomic E-state index is -0.305. The van der Waals surface area contributed by atoms with Crippen LogP contribution < -0.4 is 16.4 Å². The molecular weight excluding hydrogens is 240 g/mol. The van der Waals surface area contributed by atoms with E-state index in [-0.39, 0.29) is 11.7 Å². The minimum absolute atomic E-state index is 0.216. The molecule has 90 valence electrons. The summed E-state index contributed by atoms with van der Waals surface area (Å²) >= 11 is 1.20. The van der Waals surface area contributed by atoms with Gasteiger partial charge in [-0.2, -0.15) is 5.10 Å². The van der Waals surface area contributed by atoms with E-state index in [9.17, 15) is 4.79 Å². The summed E-state index contributed by atoms with van der Waals surface area (Å²) in [5.41, 5.74) is 5.65. The Morgan fingerprint density at radius 1 is 1.59 bits per heavy atom. The highest BCUT2D eigenvalue weighted by molar-refractivity contribution is 7.18. The molecule has 8 heteroatoms. The Labute approximate surface area is 102 Å². The second-order valence-electron chi connectivity index (χ2n) is 3.31. The van der Waals surface area contributed by atoms with Crippen LogP contribution in [0, 0.1) is 0 Å². The number of anilines is 3. The van der Waals surface area contributed by atoms with Crippen molar-refractivity contribution < 1.29 is 4.79 Å². The van der Waals surface area contributed by atoms with E-state index in [2.05, 4.69) is 20.7 Å². The molecule has 0 aliphatic heterocycles. The fraction of sp³-hybridized carbons (Fsp3) is 0.222. The van der Waals surface area contributed by atoms with Crippen LogP contribution >= 0.6 is 11.3 Å². The highest BCUT2D eigenvalue weighted by Crippen LogP contribution is 2.25. The quantitative estimate of drug-likeness (QED) is 0.749. The summed E-state index contributed by atoms with van der Waals surface area (Å²) in [7, 11) is 3.49. The molecule has 2 aromatic rings. The molecule has 17 heavy (non-hydrogen) atoms. The Morgan fingerprint density at radius 3 is 2.88 bits per heavy atom. The van der Waals surface area contributed by atoms with Gasteiger partial charge in [-0.3, -0.25) is 9.48 Å². The number of aromatic nitrogens is 3. The molecule has 0 aliphatic rings. The second-order valence-corrected chi connectivity index (χ2v) is 4.31. The zero-order chi connectivity index (χ0) is 12.4. The molecule has 0 aromatic carbocycles. The zero-order valence-electron chi connectivity index (χ0n) is 9.39. The van der Waals surface area contributed by atoms with Gasteiger partial charge in [0, 0.05) is 26.4 Å². The Morgan fingerprint density at radius 2 is 2.35 bits per heavy atom. The van der Waals surface area contributed by atoms with E-state index in [0.29, 0.717) is 15.8 Å². The van der Waals surface area contributed by atoms with Crippen LogP contribution in [0.15, 0.2) is 12.3 Å². The van der Waals surface area contributed by atoms with Crippen LogP contribution in [0.1, 0.15) is 9.67 Å². The van der Waals surface area contributed by atoms with Crippen LogP contribution in [-0.2, 0) is 7.05 Å². The van der Waals surface area contributed by atoms with E-state index in [1.807, 2.05) is 0 Å². The summed E-state index contributed by atoms with van der Waals surface area (Å²) < 4.78 is 1.60. The number of hydrogen-bond donors (Lipinski definition) is 3. The summed E-state index contributed by atoms with van der Waals surface area (Å²) in [5.74, 6) is 0.393. The van der Waals surface area contributed by atoms with Crippen LogP contribution in [0.4, 0.5) is 16.8 Å². The molecule has 0 saturated heterocycles. The van der Waals surface area contributed by atoms with Crippen molar-refractivity contribution in [1.29, 1.82) is 0 Å². The third-order valence-electron chi connectivity index (χ3n) is 2.03. The number of thiazole rings is 1. The molecule has 0 aliphatic carbocycles. The van der Waals surface area contributed by atoms with Crippen molar-refractivity contribution >= 4 is 34.0 Å². The van der Waals surface area contributed by atoms with Crippen molar-refractivity contribution in [3.8, 4) is 0 Å². The summed E-state index contributed by atoms with van der Waals surface area (Å²) in [6.07, 6.45) is 1.74. The molecule has 2 rings (SSSR count). The van der Waals surface area contributed by atoms with E-state index in [1.54, 1.807) is 31.0 Å². The molecule has 4 N–H and O–H groups in total. The molecule has 7 nitrogen and oxygen atoms in total. The summed E-state index contributed by atoms with van der Waals surface area (Å²) in [5, 5.41) is 10.1. The topological polar surface area (TPSA) is 97.9 Å². The lowest BCUT2D eigenvalue weighted by molar-refractivity contribution is 0.103. The average molecular weight is 252 g/mol. The molecule has 0 radical (unpaired) electrons. The van der Waals surface area contributed by atoms with Crippen molar-refractivity contribution in [3.63, 3.8) is 0 Å². The number of aryl methyl sites for hydroxylation is 1. The van der Waals surface area contributed by atoms with E-state index in [4.69, 9.17) is 5.73 Å². The van der Waals surface area contributed by atoms with Crippen LogP contribution in [0.5, 0.6) is 0 Å². The molecule has 0 unspecified atom stereocenters. The lowest BCUT2D eigenvalue weighted by atomic mass is 10.4. The zero-order valence-corrected chi connectivity index (χ0v) is 10.2. The van der Waals surface area contributed by atoms with Gasteiger partial charge in [0.15, 0.2) is 10.9 Å². The standard InChI is InChI=1S/C9H12N6OS/c1-11-9-13-7(10)6(17-9)8(16)12-5-3-4-15(2)14-5/h3-4H,10H2,1-2H3,(H,11,13)(H,12,14,16). The minimum Gasteiger partial charge on any atom is -0.382 e. The fourth-order valence-corrected chi connectivity index (χ4v) is 1.99. The van der Waals surface area contributed by atoms with Gasteiger partial charge in [0.25, 0.3) is 5.91 Å². The highest BCUT2D eigenvalue weighted by atomic mass is 32.1. The predicted octanol–water partition coefficient (Wildman–Crippen LogP) is 0.753. The first-order valence-electron chi connectivity index (χ1n) is 4.85. The van der Waals surface area contributed by atoms with Gasteiger partial charge in [-0.1, -0.05) is 11.3 Å². The lowest BCUT2D eigenvalue weighted by Gasteiger charge is -1.98. The molecule has 0 bridgehead atoms. The van der Waals surface area contributed by atoms with Crippen molar-refractivity contribution in [3.05, 3.63) is 17.1 Å². The number of carbonyl (C=O) groups is 1. The Hall–Kier alpha value is -2.09. The van der Waals surface area contributed by atoms with Crippen molar-refractivity contribution in [2.45, 2.75) is 0 Å². The van der Waals surface area contributed by atoms with Crippen molar-refractivity contribution in [2.24, 2.45) is 7.05 Å². The highest BCUT2D eigenvalue weighted by Gasteiger charge is 2.16. The number of rotatable bonds is 3. The van der Waals surface area contributed by atoms with E-state index in [0.717, 1.165) is 0 Å². The summed E-state index contributed by atoms with van der Waals surface area (Å²) in [6, 6.07) is 1.70. The SMILES string of the molecule is CNc1nc(N)c(C(=O)Nc2ccn(C)n2)s1. The van der Waals surface area contributed by atoms with Gasteiger partial charge in [0.1, 0.15) is 10.7 Å². The van der Waals surface area contributed by atoms with Crippen LogP contribution in [-0.4, -0.2) is 27.7 Å². The van der Waals surface area contributed by atoms with Crippen LogP contribution in [0.2, 0.25) is 0 Å². The van der Waals surface area contributed by atoms with Gasteiger partial charge in [-0.25, -0.2) is 4.98 Å². The van der Waals surface area contributed by atoms with Gasteiger partial charge in [-0.15, -0.1) is 0 Å². The van der Waals surface area contributed by atoms with E-state index < -0.39 is 0 Å². The Balaban J connectivity index is 2.16. The number of nitrogen functional groups attached to an aromatic ring is 1.